The average Bonchev–Trinajstić information content (AvgIpc) is 2.53. The van der Waals surface area contributed by atoms with E-state index in [1.54, 1.807) is 4.90 Å². The molecule has 5 heteroatoms. The molecule has 2 aliphatic heterocycles. The van der Waals surface area contributed by atoms with Gasteiger partial charge in [0.1, 0.15) is 17.0 Å². The number of Topliss-reactive ketones (excluding diaryl/α,β-unsaturated/α-hetero) is 1. The number of nitrogens with zero attached hydrogens (tertiary/aromatic N) is 1. The minimum Gasteiger partial charge on any atom is -0.484 e. The van der Waals surface area contributed by atoms with Gasteiger partial charge in [-0.25, -0.2) is 4.79 Å². The lowest BCUT2D eigenvalue weighted by Gasteiger charge is -2.44. The van der Waals surface area contributed by atoms with Gasteiger partial charge < -0.3 is 14.4 Å². The molecule has 0 saturated carbocycles. The number of carbonyl (C=O) groups is 2. The zero-order chi connectivity index (χ0) is 18.2. The largest absolute Gasteiger partial charge is 0.484 e. The monoisotopic (exact) mass is 345 g/mol. The van der Waals surface area contributed by atoms with Gasteiger partial charge in [-0.3, -0.25) is 4.79 Å². The van der Waals surface area contributed by atoms with Crippen molar-refractivity contribution in [1.82, 2.24) is 4.90 Å². The standard InChI is InChI=1S/C20H27NO4/c1-5-14-7-8-17-15(11-14)16(22)12-20(24-17)9-6-10-21(13-20)18(23)25-19(2,3)4/h7-8,11H,5-6,9-10,12-13H2,1-4H3. The van der Waals surface area contributed by atoms with Gasteiger partial charge in [0.25, 0.3) is 0 Å². The molecule has 0 N–H and O–H groups in total. The third-order valence-corrected chi connectivity index (χ3v) is 4.75. The summed E-state index contributed by atoms with van der Waals surface area (Å²) in [7, 11) is 0. The van der Waals surface area contributed by atoms with Gasteiger partial charge in [-0.2, -0.15) is 0 Å². The van der Waals surface area contributed by atoms with Crippen LogP contribution in [-0.4, -0.2) is 41.1 Å². The Morgan fingerprint density at radius 1 is 1.36 bits per heavy atom. The molecule has 1 atom stereocenters. The van der Waals surface area contributed by atoms with Crippen molar-refractivity contribution in [3.8, 4) is 5.75 Å². The molecular formula is C20H27NO4. The first-order valence-corrected chi connectivity index (χ1v) is 9.04. The molecule has 0 radical (unpaired) electrons. The smallest absolute Gasteiger partial charge is 0.410 e. The normalized spacial score (nSPS) is 23.2. The summed E-state index contributed by atoms with van der Waals surface area (Å²) in [5, 5.41) is 0. The Morgan fingerprint density at radius 3 is 2.80 bits per heavy atom. The number of benzene rings is 1. The molecule has 1 fully saturated rings. The summed E-state index contributed by atoms with van der Waals surface area (Å²) in [6, 6.07) is 5.82. The van der Waals surface area contributed by atoms with Crippen LogP contribution in [0.1, 0.15) is 62.9 Å². The Bertz CT molecular complexity index is 691. The van der Waals surface area contributed by atoms with E-state index in [9.17, 15) is 9.59 Å². The quantitative estimate of drug-likeness (QED) is 0.772. The van der Waals surface area contributed by atoms with Crippen molar-refractivity contribution < 1.29 is 19.1 Å². The number of hydrogen-bond donors (Lipinski definition) is 0. The number of ketones is 1. The lowest BCUT2D eigenvalue weighted by Crippen LogP contribution is -2.56. The lowest BCUT2D eigenvalue weighted by atomic mass is 9.83. The van der Waals surface area contributed by atoms with Gasteiger partial charge in [0, 0.05) is 6.54 Å². The number of likely N-dealkylation sites (tertiary alicyclic amines) is 1. The number of aryl methyl sites for hydroxylation is 1. The number of piperidine rings is 1. The number of rotatable bonds is 1. The second kappa shape index (κ2) is 6.36. The second-order valence-corrected chi connectivity index (χ2v) is 8.07. The summed E-state index contributed by atoms with van der Waals surface area (Å²) >= 11 is 0. The van der Waals surface area contributed by atoms with Gasteiger partial charge in [0.15, 0.2) is 5.78 Å². The van der Waals surface area contributed by atoms with E-state index in [0.29, 0.717) is 30.8 Å². The molecule has 1 amide bonds. The van der Waals surface area contributed by atoms with Crippen molar-refractivity contribution >= 4 is 11.9 Å². The molecule has 0 aromatic heterocycles. The molecular weight excluding hydrogens is 318 g/mol. The first-order valence-electron chi connectivity index (χ1n) is 9.04. The molecule has 1 aromatic carbocycles. The molecule has 2 aliphatic rings. The Morgan fingerprint density at radius 2 is 2.12 bits per heavy atom. The van der Waals surface area contributed by atoms with E-state index in [4.69, 9.17) is 9.47 Å². The van der Waals surface area contributed by atoms with Crippen molar-refractivity contribution in [1.29, 1.82) is 0 Å². The number of amides is 1. The fourth-order valence-electron chi connectivity index (χ4n) is 3.57. The Hall–Kier alpha value is -2.04. The van der Waals surface area contributed by atoms with Gasteiger partial charge in [-0.15, -0.1) is 0 Å². The van der Waals surface area contributed by atoms with E-state index >= 15 is 0 Å². The topological polar surface area (TPSA) is 55.8 Å². The minimum atomic E-state index is -0.632. The summed E-state index contributed by atoms with van der Waals surface area (Å²) in [6.45, 7) is 8.65. The predicted molar refractivity (Wildman–Crippen MR) is 95.2 cm³/mol. The molecule has 1 saturated heterocycles. The van der Waals surface area contributed by atoms with Crippen LogP contribution in [-0.2, 0) is 11.2 Å². The van der Waals surface area contributed by atoms with E-state index in [1.807, 2.05) is 39.0 Å². The molecule has 25 heavy (non-hydrogen) atoms. The lowest BCUT2D eigenvalue weighted by molar-refractivity contribution is -0.0334. The summed E-state index contributed by atoms with van der Waals surface area (Å²) in [5.74, 6) is 0.738. The predicted octanol–water partition coefficient (Wildman–Crippen LogP) is 3.98. The summed E-state index contributed by atoms with van der Waals surface area (Å²) in [4.78, 5) is 26.8. The molecule has 5 nitrogen and oxygen atoms in total. The molecule has 0 aliphatic carbocycles. The van der Waals surface area contributed by atoms with Crippen LogP contribution < -0.4 is 4.74 Å². The summed E-state index contributed by atoms with van der Waals surface area (Å²) in [6.07, 6.45) is 2.43. The van der Waals surface area contributed by atoms with Crippen LogP contribution in [0.2, 0.25) is 0 Å². The van der Waals surface area contributed by atoms with Crippen LogP contribution in [0, 0.1) is 0 Å². The Kier molecular flexibility index (Phi) is 4.52. The van der Waals surface area contributed by atoms with Crippen molar-refractivity contribution in [2.75, 3.05) is 13.1 Å². The maximum absolute atomic E-state index is 12.7. The number of ether oxygens (including phenoxy) is 2. The molecule has 1 aromatic rings. The van der Waals surface area contributed by atoms with Gasteiger partial charge in [0.05, 0.1) is 18.5 Å². The third-order valence-electron chi connectivity index (χ3n) is 4.75. The SMILES string of the molecule is CCc1ccc2c(c1)C(=O)CC1(CCCN(C(=O)OC(C)(C)C)C1)O2. The molecule has 136 valence electrons. The van der Waals surface area contributed by atoms with Crippen LogP contribution in [0.4, 0.5) is 4.79 Å². The van der Waals surface area contributed by atoms with Gasteiger partial charge in [-0.1, -0.05) is 13.0 Å². The van der Waals surface area contributed by atoms with Crippen molar-refractivity contribution in [2.45, 2.75) is 64.6 Å². The Labute approximate surface area is 149 Å². The van der Waals surface area contributed by atoms with Gasteiger partial charge >= 0.3 is 6.09 Å². The minimum absolute atomic E-state index is 0.0996. The van der Waals surface area contributed by atoms with E-state index in [0.717, 1.165) is 24.8 Å². The summed E-state index contributed by atoms with van der Waals surface area (Å²) < 4.78 is 11.8. The number of hydrogen-bond acceptors (Lipinski definition) is 4. The number of carbonyl (C=O) groups excluding carboxylic acids is 2. The zero-order valence-electron chi connectivity index (χ0n) is 15.6. The average molecular weight is 345 g/mol. The van der Waals surface area contributed by atoms with Crippen LogP contribution in [0.5, 0.6) is 5.75 Å². The van der Waals surface area contributed by atoms with E-state index < -0.39 is 11.2 Å². The van der Waals surface area contributed by atoms with E-state index in [1.165, 1.54) is 0 Å². The Balaban J connectivity index is 1.80. The van der Waals surface area contributed by atoms with Crippen molar-refractivity contribution in [3.05, 3.63) is 29.3 Å². The van der Waals surface area contributed by atoms with Crippen molar-refractivity contribution in [2.24, 2.45) is 0 Å². The highest BCUT2D eigenvalue weighted by atomic mass is 16.6. The first kappa shape index (κ1) is 17.8. The second-order valence-electron chi connectivity index (χ2n) is 8.07. The van der Waals surface area contributed by atoms with Crippen LogP contribution >= 0.6 is 0 Å². The van der Waals surface area contributed by atoms with Gasteiger partial charge in [-0.05, 0) is 57.7 Å². The highest BCUT2D eigenvalue weighted by molar-refractivity contribution is 6.00. The zero-order valence-corrected chi connectivity index (χ0v) is 15.6. The molecule has 2 heterocycles. The first-order chi connectivity index (χ1) is 11.7. The molecule has 1 unspecified atom stereocenters. The van der Waals surface area contributed by atoms with E-state index in [-0.39, 0.29) is 11.9 Å². The fourth-order valence-corrected chi connectivity index (χ4v) is 3.57. The summed E-state index contributed by atoms with van der Waals surface area (Å²) in [5.41, 5.74) is 0.631. The molecule has 3 rings (SSSR count). The van der Waals surface area contributed by atoms with Gasteiger partial charge in [0.2, 0.25) is 0 Å². The van der Waals surface area contributed by atoms with Crippen LogP contribution in [0.15, 0.2) is 18.2 Å². The molecule has 0 bridgehead atoms. The molecule has 1 spiro atoms. The van der Waals surface area contributed by atoms with E-state index in [2.05, 4.69) is 6.92 Å². The highest BCUT2D eigenvalue weighted by Crippen LogP contribution is 2.39. The van der Waals surface area contributed by atoms with Crippen LogP contribution in [0.25, 0.3) is 0 Å². The fraction of sp³-hybridized carbons (Fsp3) is 0.600. The highest BCUT2D eigenvalue weighted by Gasteiger charge is 2.45. The maximum Gasteiger partial charge on any atom is 0.410 e. The third kappa shape index (κ3) is 3.80. The van der Waals surface area contributed by atoms with Crippen LogP contribution in [0.3, 0.4) is 0 Å². The van der Waals surface area contributed by atoms with Crippen molar-refractivity contribution in [3.63, 3.8) is 0 Å². The maximum atomic E-state index is 12.7. The number of fused-ring (bicyclic) bond motifs is 1.